The first-order valence-electron chi connectivity index (χ1n) is 6.99. The summed E-state index contributed by atoms with van der Waals surface area (Å²) >= 11 is 3.66. The summed E-state index contributed by atoms with van der Waals surface area (Å²) in [6, 6.07) is 8.79. The molecule has 3 atom stereocenters. The number of benzene rings is 1. The second kappa shape index (κ2) is 6.84. The van der Waals surface area contributed by atoms with Crippen LogP contribution in [0.5, 0.6) is 0 Å². The molecule has 0 aromatic heterocycles. The van der Waals surface area contributed by atoms with Crippen molar-refractivity contribution in [1.82, 2.24) is 4.90 Å². The smallest absolute Gasteiger partial charge is 0.0674 e. The molecule has 0 aliphatic carbocycles. The van der Waals surface area contributed by atoms with E-state index in [9.17, 15) is 0 Å². The van der Waals surface area contributed by atoms with Gasteiger partial charge < -0.3 is 10.5 Å². The quantitative estimate of drug-likeness (QED) is 0.924. The third kappa shape index (κ3) is 3.57. The van der Waals surface area contributed by atoms with E-state index in [0.717, 1.165) is 30.6 Å². The SMILES string of the molecule is CCC(N)C(c1ccccc1Br)N1CCOC(C)C1. The summed E-state index contributed by atoms with van der Waals surface area (Å²) in [5.74, 6) is 0. The molecule has 2 rings (SSSR count). The minimum absolute atomic E-state index is 0.143. The molecule has 1 aliphatic heterocycles. The first kappa shape index (κ1) is 15.0. The lowest BCUT2D eigenvalue weighted by Crippen LogP contribution is -2.48. The van der Waals surface area contributed by atoms with Crippen LogP contribution >= 0.6 is 15.9 Å². The predicted molar refractivity (Wildman–Crippen MR) is 82.1 cm³/mol. The Kier molecular flexibility index (Phi) is 5.39. The second-order valence-electron chi connectivity index (χ2n) is 5.21. The molecule has 0 bridgehead atoms. The molecule has 19 heavy (non-hydrogen) atoms. The summed E-state index contributed by atoms with van der Waals surface area (Å²) in [6.07, 6.45) is 1.25. The van der Waals surface area contributed by atoms with Crippen molar-refractivity contribution in [2.75, 3.05) is 19.7 Å². The molecule has 1 aliphatic rings. The van der Waals surface area contributed by atoms with Crippen LogP contribution in [0.2, 0.25) is 0 Å². The van der Waals surface area contributed by atoms with Gasteiger partial charge in [0.1, 0.15) is 0 Å². The normalized spacial score (nSPS) is 24.1. The Bertz CT molecular complexity index is 413. The van der Waals surface area contributed by atoms with Gasteiger partial charge in [-0.1, -0.05) is 41.1 Å². The zero-order valence-electron chi connectivity index (χ0n) is 11.7. The fourth-order valence-corrected chi connectivity index (χ4v) is 3.25. The van der Waals surface area contributed by atoms with Crippen LogP contribution in [-0.4, -0.2) is 36.7 Å². The number of nitrogens with zero attached hydrogens (tertiary/aromatic N) is 1. The van der Waals surface area contributed by atoms with Crippen molar-refractivity contribution in [3.63, 3.8) is 0 Å². The monoisotopic (exact) mass is 326 g/mol. The Morgan fingerprint density at radius 1 is 1.47 bits per heavy atom. The molecule has 1 aromatic rings. The zero-order chi connectivity index (χ0) is 13.8. The van der Waals surface area contributed by atoms with E-state index in [1.807, 2.05) is 6.07 Å². The molecule has 1 saturated heterocycles. The Morgan fingerprint density at radius 3 is 2.84 bits per heavy atom. The number of halogens is 1. The van der Waals surface area contributed by atoms with E-state index < -0.39 is 0 Å². The number of morpholine rings is 1. The lowest BCUT2D eigenvalue weighted by Gasteiger charge is -2.40. The van der Waals surface area contributed by atoms with E-state index in [1.54, 1.807) is 0 Å². The van der Waals surface area contributed by atoms with E-state index in [4.69, 9.17) is 10.5 Å². The fraction of sp³-hybridized carbons (Fsp3) is 0.600. The molecule has 2 N–H and O–H groups in total. The lowest BCUT2D eigenvalue weighted by molar-refractivity contribution is -0.0387. The molecule has 1 fully saturated rings. The van der Waals surface area contributed by atoms with Crippen molar-refractivity contribution >= 4 is 15.9 Å². The minimum Gasteiger partial charge on any atom is -0.376 e. The highest BCUT2D eigenvalue weighted by Gasteiger charge is 2.30. The highest BCUT2D eigenvalue weighted by atomic mass is 79.9. The number of ether oxygens (including phenoxy) is 1. The van der Waals surface area contributed by atoms with Gasteiger partial charge in [-0.3, -0.25) is 4.90 Å². The van der Waals surface area contributed by atoms with E-state index in [1.165, 1.54) is 5.56 Å². The van der Waals surface area contributed by atoms with Crippen LogP contribution in [0.15, 0.2) is 28.7 Å². The van der Waals surface area contributed by atoms with Crippen LogP contribution in [0.1, 0.15) is 31.9 Å². The third-order valence-corrected chi connectivity index (χ3v) is 4.49. The Morgan fingerprint density at radius 2 is 2.21 bits per heavy atom. The molecule has 0 saturated carbocycles. The number of nitrogens with two attached hydrogens (primary N) is 1. The molecular weight excluding hydrogens is 304 g/mol. The number of hydrogen-bond acceptors (Lipinski definition) is 3. The van der Waals surface area contributed by atoms with E-state index in [0.29, 0.717) is 0 Å². The molecule has 3 unspecified atom stereocenters. The Balaban J connectivity index is 2.28. The summed E-state index contributed by atoms with van der Waals surface area (Å²) in [6.45, 7) is 6.96. The van der Waals surface area contributed by atoms with Gasteiger partial charge in [0.05, 0.1) is 18.8 Å². The van der Waals surface area contributed by atoms with Gasteiger partial charge in [0.25, 0.3) is 0 Å². The van der Waals surface area contributed by atoms with Gasteiger partial charge in [-0.15, -0.1) is 0 Å². The molecule has 1 heterocycles. The molecular formula is C15H23BrN2O. The third-order valence-electron chi connectivity index (χ3n) is 3.77. The molecule has 1 aromatic carbocycles. The van der Waals surface area contributed by atoms with Gasteiger partial charge >= 0.3 is 0 Å². The second-order valence-corrected chi connectivity index (χ2v) is 6.07. The Labute approximate surface area is 124 Å². The summed E-state index contributed by atoms with van der Waals surface area (Å²) in [4.78, 5) is 2.46. The average Bonchev–Trinajstić information content (AvgIpc) is 2.41. The standard InChI is InChI=1S/C15H23BrN2O/c1-3-14(17)15(12-6-4-5-7-13(12)16)18-8-9-19-11(2)10-18/h4-7,11,14-15H,3,8-10,17H2,1-2H3. The van der Waals surface area contributed by atoms with Crippen molar-refractivity contribution in [3.8, 4) is 0 Å². The van der Waals surface area contributed by atoms with Crippen LogP contribution < -0.4 is 5.73 Å². The molecule has 0 amide bonds. The van der Waals surface area contributed by atoms with Crippen LogP contribution in [0.4, 0.5) is 0 Å². The topological polar surface area (TPSA) is 38.5 Å². The van der Waals surface area contributed by atoms with Crippen molar-refractivity contribution in [2.24, 2.45) is 5.73 Å². The maximum absolute atomic E-state index is 6.39. The number of rotatable bonds is 4. The van der Waals surface area contributed by atoms with E-state index >= 15 is 0 Å². The van der Waals surface area contributed by atoms with Crippen molar-refractivity contribution < 1.29 is 4.74 Å². The summed E-state index contributed by atoms with van der Waals surface area (Å²) < 4.78 is 6.79. The number of hydrogen-bond donors (Lipinski definition) is 1. The molecule has 4 heteroatoms. The molecule has 0 spiro atoms. The molecule has 106 valence electrons. The van der Waals surface area contributed by atoms with Gasteiger partial charge in [0.15, 0.2) is 0 Å². The largest absolute Gasteiger partial charge is 0.376 e. The highest BCUT2D eigenvalue weighted by molar-refractivity contribution is 9.10. The first-order valence-corrected chi connectivity index (χ1v) is 7.78. The van der Waals surface area contributed by atoms with Crippen LogP contribution in [-0.2, 0) is 4.74 Å². The lowest BCUT2D eigenvalue weighted by atomic mass is 9.95. The average molecular weight is 327 g/mol. The van der Waals surface area contributed by atoms with Gasteiger partial charge in [0, 0.05) is 23.6 Å². The maximum Gasteiger partial charge on any atom is 0.0674 e. The molecule has 3 nitrogen and oxygen atoms in total. The van der Waals surface area contributed by atoms with Crippen LogP contribution in [0, 0.1) is 0 Å². The van der Waals surface area contributed by atoms with Gasteiger partial charge in [-0.05, 0) is 25.0 Å². The fourth-order valence-electron chi connectivity index (χ4n) is 2.73. The van der Waals surface area contributed by atoms with Crippen LogP contribution in [0.25, 0.3) is 0 Å². The summed E-state index contributed by atoms with van der Waals surface area (Å²) in [5.41, 5.74) is 7.67. The van der Waals surface area contributed by atoms with Crippen molar-refractivity contribution in [1.29, 1.82) is 0 Å². The van der Waals surface area contributed by atoms with Crippen molar-refractivity contribution in [2.45, 2.75) is 38.5 Å². The maximum atomic E-state index is 6.39. The van der Waals surface area contributed by atoms with Crippen LogP contribution in [0.3, 0.4) is 0 Å². The van der Waals surface area contributed by atoms with Gasteiger partial charge in [-0.25, -0.2) is 0 Å². The zero-order valence-corrected chi connectivity index (χ0v) is 13.3. The Hall–Kier alpha value is -0.420. The first-order chi connectivity index (χ1) is 9.13. The summed E-state index contributed by atoms with van der Waals surface area (Å²) in [5, 5.41) is 0. The van der Waals surface area contributed by atoms with E-state index in [2.05, 4.69) is 52.9 Å². The van der Waals surface area contributed by atoms with Gasteiger partial charge in [0.2, 0.25) is 0 Å². The predicted octanol–water partition coefficient (Wildman–Crippen LogP) is 2.95. The van der Waals surface area contributed by atoms with Gasteiger partial charge in [-0.2, -0.15) is 0 Å². The minimum atomic E-state index is 0.143. The molecule has 0 radical (unpaired) electrons. The van der Waals surface area contributed by atoms with Crippen molar-refractivity contribution in [3.05, 3.63) is 34.3 Å². The van der Waals surface area contributed by atoms with E-state index in [-0.39, 0.29) is 18.2 Å². The highest BCUT2D eigenvalue weighted by Crippen LogP contribution is 2.31. The summed E-state index contributed by atoms with van der Waals surface area (Å²) in [7, 11) is 0.